The molecule has 0 saturated carbocycles. The summed E-state index contributed by atoms with van der Waals surface area (Å²) in [6, 6.07) is 15.2. The molecule has 4 rings (SSSR count). The first kappa shape index (κ1) is 34.8. The van der Waals surface area contributed by atoms with Crippen molar-refractivity contribution in [1.82, 2.24) is 36.1 Å². The lowest BCUT2D eigenvalue weighted by Gasteiger charge is -2.31. The number of hydrogen-bond donors (Lipinski definition) is 5. The van der Waals surface area contributed by atoms with Crippen molar-refractivity contribution in [1.29, 1.82) is 0 Å². The number of aliphatic hydroxyl groups is 1. The highest BCUT2D eigenvalue weighted by molar-refractivity contribution is 6.30. The Bertz CT molecular complexity index is 1480. The number of nitrogens with one attached hydrogen (secondary N) is 3. The van der Waals surface area contributed by atoms with Crippen LogP contribution in [-0.2, 0) is 20.7 Å². The van der Waals surface area contributed by atoms with Crippen LogP contribution < -0.4 is 5.32 Å². The average Bonchev–Trinajstić information content (AvgIpc) is 3.76. The number of carbonyl (C=O) groups is 3. The molecule has 45 heavy (non-hydrogen) atoms. The molecule has 0 bridgehead atoms. The number of benzene rings is 2. The summed E-state index contributed by atoms with van der Waals surface area (Å²) < 4.78 is 11.0. The van der Waals surface area contributed by atoms with Crippen molar-refractivity contribution < 1.29 is 34.1 Å². The first-order chi connectivity index (χ1) is 21.6. The normalized spacial score (nSPS) is 12.7. The number of aliphatic hydroxyl groups excluding tert-OH is 1. The fourth-order valence-electron chi connectivity index (χ4n) is 4.35. The Morgan fingerprint density at radius 3 is 2.27 bits per heavy atom. The Hall–Kier alpha value is -4.66. The Morgan fingerprint density at radius 2 is 1.71 bits per heavy atom. The number of hydrogen-bond acceptors (Lipinski definition) is 10. The van der Waals surface area contributed by atoms with Crippen molar-refractivity contribution in [3.8, 4) is 11.1 Å². The Labute approximate surface area is 264 Å². The third-order valence-corrected chi connectivity index (χ3v) is 6.78. The fourth-order valence-corrected chi connectivity index (χ4v) is 4.54. The van der Waals surface area contributed by atoms with Crippen LogP contribution in [-0.4, -0.2) is 91.3 Å². The van der Waals surface area contributed by atoms with Crippen molar-refractivity contribution in [3.05, 3.63) is 82.9 Å². The third-order valence-electron chi connectivity index (χ3n) is 6.54. The van der Waals surface area contributed by atoms with Gasteiger partial charge >= 0.3 is 11.9 Å². The predicted molar refractivity (Wildman–Crippen MR) is 163 cm³/mol. The van der Waals surface area contributed by atoms with Crippen LogP contribution in [0.1, 0.15) is 53.2 Å². The van der Waals surface area contributed by atoms with E-state index >= 15 is 0 Å². The molecule has 15 heteroatoms. The molecule has 1 amide bonds. The second kappa shape index (κ2) is 17.6. The maximum Gasteiger partial charge on any atom is 0.358 e. The van der Waals surface area contributed by atoms with Crippen molar-refractivity contribution >= 4 is 29.4 Å². The number of esters is 1. The van der Waals surface area contributed by atoms with Crippen LogP contribution >= 0.6 is 11.6 Å². The lowest BCUT2D eigenvalue weighted by molar-refractivity contribution is -0.159. The molecule has 14 nitrogen and oxygen atoms in total. The van der Waals surface area contributed by atoms with Gasteiger partial charge in [-0.1, -0.05) is 48.0 Å². The van der Waals surface area contributed by atoms with Crippen molar-refractivity contribution in [2.24, 2.45) is 5.41 Å². The van der Waals surface area contributed by atoms with Crippen LogP contribution in [0.15, 0.2) is 60.9 Å². The quantitative estimate of drug-likeness (QED) is 0.0940. The van der Waals surface area contributed by atoms with Gasteiger partial charge in [-0.05, 0) is 61.9 Å². The van der Waals surface area contributed by atoms with Gasteiger partial charge < -0.3 is 25.0 Å². The molecule has 2 aromatic carbocycles. The van der Waals surface area contributed by atoms with E-state index in [2.05, 4.69) is 36.1 Å². The minimum atomic E-state index is -1.07. The van der Waals surface area contributed by atoms with Crippen LogP contribution in [0.4, 0.5) is 0 Å². The molecule has 240 valence electrons. The average molecular weight is 642 g/mol. The summed E-state index contributed by atoms with van der Waals surface area (Å²) in [7, 11) is 0. The number of rotatable bonds is 15. The molecule has 2 heterocycles. The van der Waals surface area contributed by atoms with Gasteiger partial charge in [0, 0.05) is 24.3 Å². The molecule has 0 spiro atoms. The topological polar surface area (TPSA) is 205 Å². The molecule has 0 aliphatic rings. The number of aromatic nitrogens is 6. The summed E-state index contributed by atoms with van der Waals surface area (Å²) in [4.78, 5) is 35.7. The van der Waals surface area contributed by atoms with E-state index in [0.29, 0.717) is 24.5 Å². The zero-order chi connectivity index (χ0) is 32.7. The van der Waals surface area contributed by atoms with Gasteiger partial charge in [-0.3, -0.25) is 9.59 Å². The highest BCUT2D eigenvalue weighted by Gasteiger charge is 2.38. The van der Waals surface area contributed by atoms with E-state index in [1.807, 2.05) is 48.5 Å². The molecule has 0 fully saturated rings. The standard InChI is InChI=1S/C27H33ClN4O5.C3H3N3O2/c1-3-37-26(35)27(2,18-36-13-5-12-33)16-23(30-25(34)24-17-29-32-31-24)14-19-8-10-20(11-9-19)21-6-4-7-22(28)15-21;7-3(8)2-1-4-6-5-2/h4,6-11,15,17,23,33H,3,5,12-14,16,18H2,1-2H3,(H,30,34)(H,29,31,32);1H,(H,7,8)(H,4,5,6)/t23-,27+;/m1./s1. The molecule has 0 aliphatic carbocycles. The number of H-pyrrole nitrogens is 2. The Morgan fingerprint density at radius 1 is 1.02 bits per heavy atom. The van der Waals surface area contributed by atoms with Crippen LogP contribution in [0.25, 0.3) is 11.1 Å². The van der Waals surface area contributed by atoms with Crippen LogP contribution in [0.2, 0.25) is 5.02 Å². The van der Waals surface area contributed by atoms with E-state index in [-0.39, 0.29) is 37.6 Å². The zero-order valence-corrected chi connectivity index (χ0v) is 25.7. The highest BCUT2D eigenvalue weighted by atomic mass is 35.5. The van der Waals surface area contributed by atoms with E-state index in [0.717, 1.165) is 22.9 Å². The second-order valence-corrected chi connectivity index (χ2v) is 10.6. The van der Waals surface area contributed by atoms with E-state index in [1.54, 1.807) is 13.8 Å². The molecule has 0 aliphatic heterocycles. The van der Waals surface area contributed by atoms with Gasteiger partial charge in [-0.15, -0.1) is 5.10 Å². The smallest absolute Gasteiger partial charge is 0.358 e. The maximum atomic E-state index is 13.0. The Balaban J connectivity index is 0.000000598. The van der Waals surface area contributed by atoms with Gasteiger partial charge in [0.2, 0.25) is 0 Å². The number of carboxylic acids is 1. The predicted octanol–water partition coefficient (Wildman–Crippen LogP) is 3.33. The maximum absolute atomic E-state index is 13.0. The summed E-state index contributed by atoms with van der Waals surface area (Å²) in [6.07, 6.45) is 3.68. The highest BCUT2D eigenvalue weighted by Crippen LogP contribution is 2.29. The van der Waals surface area contributed by atoms with Crippen LogP contribution in [0.3, 0.4) is 0 Å². The number of carbonyl (C=O) groups excluding carboxylic acids is 2. The first-order valence-corrected chi connectivity index (χ1v) is 14.5. The molecule has 0 radical (unpaired) electrons. The molecule has 0 saturated heterocycles. The van der Waals surface area contributed by atoms with E-state index in [9.17, 15) is 14.4 Å². The van der Waals surface area contributed by atoms with Gasteiger partial charge in [0.25, 0.3) is 5.91 Å². The summed E-state index contributed by atoms with van der Waals surface area (Å²) in [5.41, 5.74) is 2.06. The fraction of sp³-hybridized carbons (Fsp3) is 0.367. The Kier molecular flexibility index (Phi) is 13.6. The van der Waals surface area contributed by atoms with Gasteiger partial charge in [0.15, 0.2) is 11.4 Å². The summed E-state index contributed by atoms with van der Waals surface area (Å²) >= 11 is 6.14. The molecule has 5 N–H and O–H groups in total. The van der Waals surface area contributed by atoms with E-state index in [1.165, 1.54) is 6.20 Å². The van der Waals surface area contributed by atoms with Gasteiger partial charge in [0.1, 0.15) is 0 Å². The van der Waals surface area contributed by atoms with Gasteiger partial charge in [-0.25, -0.2) is 4.79 Å². The van der Waals surface area contributed by atoms with Gasteiger partial charge in [-0.2, -0.15) is 25.7 Å². The lowest BCUT2D eigenvalue weighted by Crippen LogP contribution is -2.45. The number of carboxylic acid groups (broad SMARTS) is 1. The number of ether oxygens (including phenoxy) is 2. The third kappa shape index (κ3) is 11.1. The lowest BCUT2D eigenvalue weighted by atomic mass is 9.82. The van der Waals surface area contributed by atoms with Crippen molar-refractivity contribution in [2.45, 2.75) is 39.2 Å². The minimum Gasteiger partial charge on any atom is -0.476 e. The largest absolute Gasteiger partial charge is 0.476 e. The summed E-state index contributed by atoms with van der Waals surface area (Å²) in [5.74, 6) is -1.88. The molecule has 2 atom stereocenters. The van der Waals surface area contributed by atoms with E-state index in [4.69, 9.17) is 31.3 Å². The number of aromatic carboxylic acids is 1. The first-order valence-electron chi connectivity index (χ1n) is 14.1. The number of amides is 1. The zero-order valence-electron chi connectivity index (χ0n) is 24.9. The second-order valence-electron chi connectivity index (χ2n) is 10.2. The van der Waals surface area contributed by atoms with Gasteiger partial charge in [0.05, 0.1) is 31.0 Å². The van der Waals surface area contributed by atoms with Crippen molar-refractivity contribution in [2.75, 3.05) is 26.4 Å². The number of aromatic amines is 2. The molecular weight excluding hydrogens is 606 g/mol. The minimum absolute atomic E-state index is 0.00230. The number of nitrogens with zero attached hydrogens (tertiary/aromatic N) is 4. The van der Waals surface area contributed by atoms with Crippen LogP contribution in [0, 0.1) is 5.41 Å². The monoisotopic (exact) mass is 641 g/mol. The summed E-state index contributed by atoms with van der Waals surface area (Å²) in [6.45, 7) is 4.14. The van der Waals surface area contributed by atoms with Crippen molar-refractivity contribution in [3.63, 3.8) is 0 Å². The summed E-state index contributed by atoms with van der Waals surface area (Å²) in [5, 5.41) is 39.6. The van der Waals surface area contributed by atoms with Crippen LogP contribution in [0.5, 0.6) is 0 Å². The number of halogens is 1. The molecule has 0 unspecified atom stereocenters. The van der Waals surface area contributed by atoms with E-state index < -0.39 is 29.3 Å². The molecular formula is C30H36ClN7O7. The molecule has 4 aromatic rings. The SMILES string of the molecule is CCOC(=O)[C@](C)(COCCCO)C[C@@H](Cc1ccc(-c2cccc(Cl)c2)cc1)NC(=O)c1cn[nH]n1.O=C(O)c1cn[nH]n1. The molecule has 2 aromatic heterocycles.